The van der Waals surface area contributed by atoms with Gasteiger partial charge >= 0.3 is 0 Å². The lowest BCUT2D eigenvalue weighted by Crippen LogP contribution is -2.27. The van der Waals surface area contributed by atoms with E-state index in [1.54, 1.807) is 4.90 Å². The maximum absolute atomic E-state index is 13.2. The van der Waals surface area contributed by atoms with Crippen molar-refractivity contribution in [3.63, 3.8) is 0 Å². The van der Waals surface area contributed by atoms with Crippen LogP contribution in [0.25, 0.3) is 10.8 Å². The highest BCUT2D eigenvalue weighted by Crippen LogP contribution is 2.28. The molecule has 2 amide bonds. The summed E-state index contributed by atoms with van der Waals surface area (Å²) < 4.78 is 0. The van der Waals surface area contributed by atoms with E-state index in [2.05, 4.69) is 5.32 Å². The lowest BCUT2D eigenvalue weighted by Gasteiger charge is -2.23. The SMILES string of the molecule is O=C(Nc1ccc(SCC(=O)N(c2ccccc2)c2ccccc2)cc1)c1ccc2ccccc2c1. The van der Waals surface area contributed by atoms with Crippen molar-refractivity contribution < 1.29 is 9.59 Å². The lowest BCUT2D eigenvalue weighted by atomic mass is 10.1. The van der Waals surface area contributed by atoms with Crippen LogP contribution in [-0.2, 0) is 4.79 Å². The van der Waals surface area contributed by atoms with E-state index in [9.17, 15) is 9.59 Å². The van der Waals surface area contributed by atoms with Crippen LogP contribution in [0.3, 0.4) is 0 Å². The van der Waals surface area contributed by atoms with Gasteiger partial charge in [-0.3, -0.25) is 14.5 Å². The highest BCUT2D eigenvalue weighted by atomic mass is 32.2. The Kier molecular flexibility index (Phi) is 7.10. The minimum Gasteiger partial charge on any atom is -0.322 e. The average Bonchev–Trinajstić information content (AvgIpc) is 2.94. The minimum absolute atomic E-state index is 0.00826. The largest absolute Gasteiger partial charge is 0.322 e. The number of carbonyl (C=O) groups is 2. The van der Waals surface area contributed by atoms with E-state index in [4.69, 9.17) is 0 Å². The van der Waals surface area contributed by atoms with Crippen molar-refractivity contribution in [2.75, 3.05) is 16.0 Å². The van der Waals surface area contributed by atoms with Gasteiger partial charge in [-0.2, -0.15) is 0 Å². The Labute approximate surface area is 214 Å². The maximum Gasteiger partial charge on any atom is 0.255 e. The van der Waals surface area contributed by atoms with Gasteiger partial charge in [-0.15, -0.1) is 11.8 Å². The number of carbonyl (C=O) groups excluding carboxylic acids is 2. The summed E-state index contributed by atoms with van der Waals surface area (Å²) in [4.78, 5) is 28.7. The minimum atomic E-state index is -0.155. The Morgan fingerprint density at radius 2 is 1.22 bits per heavy atom. The molecule has 4 nitrogen and oxygen atoms in total. The van der Waals surface area contributed by atoms with Gasteiger partial charge in [0.15, 0.2) is 0 Å². The van der Waals surface area contributed by atoms with Gasteiger partial charge in [-0.05, 0) is 71.4 Å². The molecule has 0 saturated heterocycles. The molecule has 1 N–H and O–H groups in total. The van der Waals surface area contributed by atoms with Crippen LogP contribution in [0.15, 0.2) is 132 Å². The van der Waals surface area contributed by atoms with Crippen LogP contribution < -0.4 is 10.2 Å². The number of nitrogens with one attached hydrogen (secondary N) is 1. The van der Waals surface area contributed by atoms with E-state index in [1.807, 2.05) is 127 Å². The first kappa shape index (κ1) is 23.4. The van der Waals surface area contributed by atoms with Gasteiger partial charge in [0, 0.05) is 27.5 Å². The van der Waals surface area contributed by atoms with E-state index in [0.717, 1.165) is 27.0 Å². The van der Waals surface area contributed by atoms with E-state index in [1.165, 1.54) is 11.8 Å². The molecule has 36 heavy (non-hydrogen) atoms. The molecule has 0 aliphatic rings. The zero-order valence-corrected chi connectivity index (χ0v) is 20.3. The molecule has 5 heteroatoms. The average molecular weight is 489 g/mol. The molecule has 0 spiro atoms. The Morgan fingerprint density at radius 3 is 1.86 bits per heavy atom. The normalized spacial score (nSPS) is 10.7. The molecular weight excluding hydrogens is 464 g/mol. The molecule has 5 aromatic carbocycles. The number of para-hydroxylation sites is 2. The fourth-order valence-corrected chi connectivity index (χ4v) is 4.72. The molecule has 0 atom stereocenters. The molecule has 0 heterocycles. The molecule has 0 saturated carbocycles. The van der Waals surface area contributed by atoms with Gasteiger partial charge in [-0.25, -0.2) is 0 Å². The Balaban J connectivity index is 1.23. The summed E-state index contributed by atoms with van der Waals surface area (Å²) in [7, 11) is 0. The van der Waals surface area contributed by atoms with Crippen molar-refractivity contribution in [3.8, 4) is 0 Å². The van der Waals surface area contributed by atoms with Gasteiger partial charge in [0.2, 0.25) is 5.91 Å². The molecule has 0 bridgehead atoms. The highest BCUT2D eigenvalue weighted by molar-refractivity contribution is 8.00. The molecule has 0 aliphatic carbocycles. The first-order chi connectivity index (χ1) is 17.7. The third kappa shape index (κ3) is 5.48. The summed E-state index contributed by atoms with van der Waals surface area (Å²) in [5.41, 5.74) is 2.99. The van der Waals surface area contributed by atoms with Gasteiger partial charge in [0.05, 0.1) is 5.75 Å². The quantitative estimate of drug-likeness (QED) is 0.241. The lowest BCUT2D eigenvalue weighted by molar-refractivity contribution is -0.115. The van der Waals surface area contributed by atoms with Crippen LogP contribution >= 0.6 is 11.8 Å². The van der Waals surface area contributed by atoms with E-state index in [0.29, 0.717) is 11.3 Å². The summed E-state index contributed by atoms with van der Waals surface area (Å²) in [5.74, 6) is 0.121. The third-order valence-corrected chi connectivity index (χ3v) is 6.76. The van der Waals surface area contributed by atoms with Crippen molar-refractivity contribution in [1.29, 1.82) is 0 Å². The molecule has 5 aromatic rings. The van der Waals surface area contributed by atoms with Crippen LogP contribution in [0.1, 0.15) is 10.4 Å². The number of hydrogen-bond donors (Lipinski definition) is 1. The highest BCUT2D eigenvalue weighted by Gasteiger charge is 2.18. The first-order valence-electron chi connectivity index (χ1n) is 11.6. The van der Waals surface area contributed by atoms with Crippen LogP contribution in [0.5, 0.6) is 0 Å². The molecular formula is C31H24N2O2S. The van der Waals surface area contributed by atoms with Crippen molar-refractivity contribution >= 4 is 51.4 Å². The second-order valence-corrected chi connectivity index (χ2v) is 9.28. The fourth-order valence-electron chi connectivity index (χ4n) is 3.97. The van der Waals surface area contributed by atoms with Gasteiger partial charge in [0.1, 0.15) is 0 Å². The maximum atomic E-state index is 13.2. The standard InChI is InChI=1S/C31H24N2O2S/c34-30(33(27-11-3-1-4-12-27)28-13-5-2-6-14-28)22-36-29-19-17-26(18-20-29)32-31(35)25-16-15-23-9-7-8-10-24(23)21-25/h1-21H,22H2,(H,32,35). The van der Waals surface area contributed by atoms with Gasteiger partial charge < -0.3 is 5.32 Å². The van der Waals surface area contributed by atoms with Crippen molar-refractivity contribution in [1.82, 2.24) is 0 Å². The number of hydrogen-bond acceptors (Lipinski definition) is 3. The molecule has 0 aliphatic heterocycles. The second kappa shape index (κ2) is 10.9. The smallest absolute Gasteiger partial charge is 0.255 e. The second-order valence-electron chi connectivity index (χ2n) is 8.23. The van der Waals surface area contributed by atoms with E-state index < -0.39 is 0 Å². The van der Waals surface area contributed by atoms with Crippen molar-refractivity contribution in [2.45, 2.75) is 4.90 Å². The fraction of sp³-hybridized carbons (Fsp3) is 0.0323. The number of rotatable bonds is 7. The first-order valence-corrected chi connectivity index (χ1v) is 12.6. The molecule has 0 radical (unpaired) electrons. The molecule has 5 rings (SSSR count). The summed E-state index contributed by atoms with van der Waals surface area (Å²) in [6, 6.07) is 40.5. The number of amides is 2. The number of fused-ring (bicyclic) bond motifs is 1. The predicted octanol–water partition coefficient (Wildman–Crippen LogP) is 7.55. The topological polar surface area (TPSA) is 49.4 Å². The number of nitrogens with zero attached hydrogens (tertiary/aromatic N) is 1. The van der Waals surface area contributed by atoms with Gasteiger partial charge in [-0.1, -0.05) is 66.7 Å². The monoisotopic (exact) mass is 488 g/mol. The summed E-state index contributed by atoms with van der Waals surface area (Å²) in [6.07, 6.45) is 0. The predicted molar refractivity (Wildman–Crippen MR) is 149 cm³/mol. The number of thioether (sulfide) groups is 1. The van der Waals surface area contributed by atoms with Crippen LogP contribution in [0, 0.1) is 0 Å². The Morgan fingerprint density at radius 1 is 0.639 bits per heavy atom. The van der Waals surface area contributed by atoms with Crippen LogP contribution in [0.4, 0.5) is 17.1 Å². The van der Waals surface area contributed by atoms with Gasteiger partial charge in [0.25, 0.3) is 5.91 Å². The Bertz CT molecular complexity index is 1450. The van der Waals surface area contributed by atoms with Crippen LogP contribution in [-0.4, -0.2) is 17.6 Å². The summed E-state index contributed by atoms with van der Waals surface area (Å²) >= 11 is 1.47. The zero-order valence-electron chi connectivity index (χ0n) is 19.5. The molecule has 0 unspecified atom stereocenters. The number of benzene rings is 5. The summed E-state index contributed by atoms with van der Waals surface area (Å²) in [6.45, 7) is 0. The number of anilines is 3. The molecule has 0 aromatic heterocycles. The van der Waals surface area contributed by atoms with Crippen LogP contribution in [0.2, 0.25) is 0 Å². The summed E-state index contributed by atoms with van der Waals surface area (Å²) in [5, 5.41) is 5.08. The Hall–Kier alpha value is -4.35. The van der Waals surface area contributed by atoms with Crippen molar-refractivity contribution in [3.05, 3.63) is 133 Å². The van der Waals surface area contributed by atoms with Crippen molar-refractivity contribution in [2.24, 2.45) is 0 Å². The zero-order chi connectivity index (χ0) is 24.7. The van der Waals surface area contributed by atoms with E-state index >= 15 is 0 Å². The third-order valence-electron chi connectivity index (χ3n) is 5.76. The van der Waals surface area contributed by atoms with E-state index in [-0.39, 0.29) is 17.6 Å². The molecule has 176 valence electrons. The molecule has 0 fully saturated rings.